The van der Waals surface area contributed by atoms with Gasteiger partial charge in [-0.3, -0.25) is 14.5 Å². The van der Waals surface area contributed by atoms with Gasteiger partial charge in [-0.15, -0.1) is 0 Å². The minimum absolute atomic E-state index is 0. The number of halogens is 1. The number of benzene rings is 1. The number of rotatable bonds is 4. The van der Waals surface area contributed by atoms with Gasteiger partial charge in [-0.25, -0.2) is 4.39 Å². The third-order valence-electron chi connectivity index (χ3n) is 4.00. The Bertz CT molecular complexity index is 939. The van der Waals surface area contributed by atoms with Crippen molar-refractivity contribution < 1.29 is 34.6 Å². The van der Waals surface area contributed by atoms with Crippen LogP contribution in [0.15, 0.2) is 48.8 Å². The van der Waals surface area contributed by atoms with Crippen LogP contribution in [0.4, 0.5) is 4.39 Å². The quantitative estimate of drug-likeness (QED) is 0.711. The Balaban J connectivity index is 0.00000196. The van der Waals surface area contributed by atoms with E-state index in [0.717, 1.165) is 22.4 Å². The van der Waals surface area contributed by atoms with E-state index < -0.39 is 5.97 Å². The van der Waals surface area contributed by atoms with E-state index in [0.29, 0.717) is 5.69 Å². The van der Waals surface area contributed by atoms with Crippen molar-refractivity contribution in [3.63, 3.8) is 0 Å². The molecule has 0 unspecified atom stereocenters. The van der Waals surface area contributed by atoms with Crippen molar-refractivity contribution in [3.8, 4) is 22.4 Å². The molecule has 0 amide bonds. The van der Waals surface area contributed by atoms with Gasteiger partial charge in [0.2, 0.25) is 0 Å². The molecule has 27 heavy (non-hydrogen) atoms. The molecular weight excluding hydrogens is 340 g/mol. The fourth-order valence-corrected chi connectivity index (χ4v) is 2.91. The van der Waals surface area contributed by atoms with Crippen molar-refractivity contribution in [2.75, 3.05) is 0 Å². The largest absolute Gasteiger partial charge is 1.00 e. The van der Waals surface area contributed by atoms with E-state index in [9.17, 15) is 14.3 Å². The molecule has 3 aromatic rings. The Morgan fingerprint density at radius 2 is 1.70 bits per heavy atom. The molecule has 2 aromatic heterocycles. The van der Waals surface area contributed by atoms with E-state index in [2.05, 4.69) is 10.1 Å². The number of hydrogen-bond acceptors (Lipinski definition) is 3. The number of carboxylic acid groups (broad SMARTS) is 1. The zero-order valence-corrected chi connectivity index (χ0v) is 15.9. The Hall–Kier alpha value is -2.42. The summed E-state index contributed by atoms with van der Waals surface area (Å²) in [6, 6.07) is 9.80. The number of aliphatic carboxylic acids is 1. The predicted molar refractivity (Wildman–Crippen MR) is 98.3 cm³/mol. The summed E-state index contributed by atoms with van der Waals surface area (Å²) in [5.74, 6) is -1.28. The maximum absolute atomic E-state index is 13.4. The van der Waals surface area contributed by atoms with Gasteiger partial charge < -0.3 is 6.53 Å². The van der Waals surface area contributed by atoms with Crippen molar-refractivity contribution in [1.82, 2.24) is 14.8 Å². The Kier molecular flexibility index (Phi) is 6.25. The Morgan fingerprint density at radius 1 is 1.11 bits per heavy atom. The van der Waals surface area contributed by atoms with Gasteiger partial charge in [0.15, 0.2) is 0 Å². The number of hydrogen-bond donors (Lipinski definition) is 1. The van der Waals surface area contributed by atoms with Gasteiger partial charge >= 0.3 is 24.8 Å². The van der Waals surface area contributed by atoms with Crippen LogP contribution in [0.5, 0.6) is 0 Å². The van der Waals surface area contributed by atoms with Crippen LogP contribution in [0.25, 0.3) is 22.4 Å². The zero-order valence-electron chi connectivity index (χ0n) is 16.9. The molecule has 0 saturated heterocycles. The summed E-state index contributed by atoms with van der Waals surface area (Å²) < 4.78 is 15.2. The van der Waals surface area contributed by atoms with Crippen LogP contribution < -0.4 is 18.9 Å². The van der Waals surface area contributed by atoms with E-state index in [-0.39, 0.29) is 38.1 Å². The summed E-state index contributed by atoms with van der Waals surface area (Å²) in [4.78, 5) is 15.4. The molecule has 136 valence electrons. The molecule has 0 aliphatic heterocycles. The molecular formula is C20H21FLiN3O2. The van der Waals surface area contributed by atoms with E-state index >= 15 is 0 Å². The average Bonchev–Trinajstić information content (AvgIpc) is 2.95. The van der Waals surface area contributed by atoms with Crippen molar-refractivity contribution in [2.45, 2.75) is 32.7 Å². The first-order chi connectivity index (χ1) is 12.3. The second-order valence-electron chi connectivity index (χ2n) is 7.07. The van der Waals surface area contributed by atoms with E-state index in [4.69, 9.17) is 0 Å². The minimum Gasteiger partial charge on any atom is -1.00 e. The molecule has 0 bridgehead atoms. The molecule has 3 rings (SSSR count). The molecule has 1 N–H and O–H groups in total. The van der Waals surface area contributed by atoms with Gasteiger partial charge in [0.25, 0.3) is 0 Å². The number of nitrogens with zero attached hydrogens (tertiary/aromatic N) is 3. The van der Waals surface area contributed by atoms with Crippen LogP contribution in [0.1, 0.15) is 27.9 Å². The molecule has 5 nitrogen and oxygen atoms in total. The van der Waals surface area contributed by atoms with Crippen LogP contribution in [-0.2, 0) is 16.8 Å². The molecule has 2 heterocycles. The fourth-order valence-electron chi connectivity index (χ4n) is 2.91. The third kappa shape index (κ3) is 4.47. The van der Waals surface area contributed by atoms with Crippen LogP contribution in [-0.4, -0.2) is 25.8 Å². The number of carboxylic acids is 1. The third-order valence-corrected chi connectivity index (χ3v) is 4.00. The van der Waals surface area contributed by atoms with Gasteiger partial charge in [0, 0.05) is 23.5 Å². The maximum atomic E-state index is 13.4. The molecule has 0 aliphatic rings. The smallest absolute Gasteiger partial charge is 1.00 e. The first-order valence-corrected chi connectivity index (χ1v) is 8.28. The number of carbonyl (C=O) groups is 1. The summed E-state index contributed by atoms with van der Waals surface area (Å²) in [5.41, 5.74) is 3.18. The van der Waals surface area contributed by atoms with Crippen LogP contribution in [0, 0.1) is 5.82 Å². The topological polar surface area (TPSA) is 68.0 Å². The van der Waals surface area contributed by atoms with Crippen molar-refractivity contribution in [2.24, 2.45) is 0 Å². The number of aromatic nitrogens is 3. The first kappa shape index (κ1) is 20.9. The fraction of sp³-hybridized carbons (Fsp3) is 0.250. The maximum Gasteiger partial charge on any atom is 1.00 e. The standard InChI is InChI=1S/C20H20FN3O2.Li.H/c1-20(2,3)24-19(14-4-6-15(21)7-5-14)18(13-8-10-22-11-9-13)16(23-24)12-17(25)26;;/h4-11H,12H2,1-3H3,(H,25,26);;/q;+1;-1. The SMILES string of the molecule is CC(C)(C)n1nc(CC(=O)O)c(-c2ccncc2)c1-c1ccc(F)cc1.[H-].[Li+]. The van der Waals surface area contributed by atoms with E-state index in [1.807, 2.05) is 37.6 Å². The minimum atomic E-state index is -0.954. The van der Waals surface area contributed by atoms with Crippen molar-refractivity contribution in [1.29, 1.82) is 0 Å². The summed E-state index contributed by atoms with van der Waals surface area (Å²) in [5, 5.41) is 14.0. The Labute approximate surface area is 170 Å². The monoisotopic (exact) mass is 361 g/mol. The molecule has 7 heteroatoms. The summed E-state index contributed by atoms with van der Waals surface area (Å²) >= 11 is 0. The van der Waals surface area contributed by atoms with E-state index in [1.54, 1.807) is 24.5 Å². The van der Waals surface area contributed by atoms with Gasteiger partial charge in [-0.05, 0) is 62.7 Å². The second kappa shape index (κ2) is 8.08. The molecule has 0 atom stereocenters. The van der Waals surface area contributed by atoms with Crippen molar-refractivity contribution in [3.05, 3.63) is 60.3 Å². The summed E-state index contributed by atoms with van der Waals surface area (Å²) in [6.07, 6.45) is 3.11. The van der Waals surface area contributed by atoms with E-state index in [1.165, 1.54) is 12.1 Å². The molecule has 0 spiro atoms. The van der Waals surface area contributed by atoms with Crippen LogP contribution in [0.3, 0.4) is 0 Å². The molecule has 1 aromatic carbocycles. The van der Waals surface area contributed by atoms with Gasteiger partial charge in [0.1, 0.15) is 5.82 Å². The molecule has 0 saturated carbocycles. The zero-order chi connectivity index (χ0) is 18.9. The van der Waals surface area contributed by atoms with Crippen LogP contribution in [0.2, 0.25) is 0 Å². The number of pyridine rings is 1. The van der Waals surface area contributed by atoms with Crippen LogP contribution >= 0.6 is 0 Å². The van der Waals surface area contributed by atoms with Gasteiger partial charge in [-0.1, -0.05) is 0 Å². The average molecular weight is 361 g/mol. The normalized spacial score (nSPS) is 11.1. The van der Waals surface area contributed by atoms with Gasteiger partial charge in [0.05, 0.1) is 23.3 Å². The molecule has 0 fully saturated rings. The summed E-state index contributed by atoms with van der Waals surface area (Å²) in [6.45, 7) is 5.98. The molecule has 0 aliphatic carbocycles. The van der Waals surface area contributed by atoms with Crippen molar-refractivity contribution >= 4 is 5.97 Å². The first-order valence-electron chi connectivity index (χ1n) is 8.28. The van der Waals surface area contributed by atoms with Gasteiger partial charge in [-0.2, -0.15) is 5.10 Å². The summed E-state index contributed by atoms with van der Waals surface area (Å²) in [7, 11) is 0. The predicted octanol–water partition coefficient (Wildman–Crippen LogP) is 1.25. The molecule has 0 radical (unpaired) electrons. The Morgan fingerprint density at radius 3 is 2.22 bits per heavy atom. The second-order valence-corrected chi connectivity index (χ2v) is 7.07.